The molecule has 1 N–H and O–H groups in total. The van der Waals surface area contributed by atoms with Crippen LogP contribution in [-0.4, -0.2) is 18.7 Å². The van der Waals surface area contributed by atoms with Gasteiger partial charge >= 0.3 is 0 Å². The first-order valence-electron chi connectivity index (χ1n) is 7.79. The summed E-state index contributed by atoms with van der Waals surface area (Å²) in [6.45, 7) is 12.9. The Morgan fingerprint density at radius 2 is 1.75 bits per heavy atom. The Kier molecular flexibility index (Phi) is 4.43. The van der Waals surface area contributed by atoms with Crippen LogP contribution in [-0.2, 0) is 5.41 Å². The Morgan fingerprint density at radius 3 is 2.20 bits per heavy atom. The van der Waals surface area contributed by atoms with Gasteiger partial charge in [-0.3, -0.25) is 0 Å². The lowest BCUT2D eigenvalue weighted by Gasteiger charge is -2.25. The van der Waals surface area contributed by atoms with Crippen LogP contribution in [0, 0.1) is 5.92 Å². The van der Waals surface area contributed by atoms with Gasteiger partial charge in [-0.2, -0.15) is 0 Å². The monoisotopic (exact) mass is 275 g/mol. The molecule has 0 amide bonds. The van der Waals surface area contributed by atoms with Gasteiger partial charge in [0.05, 0.1) is 6.61 Å². The van der Waals surface area contributed by atoms with Gasteiger partial charge in [-0.05, 0) is 57.2 Å². The Bertz CT molecular complexity index is 424. The molecule has 1 aromatic carbocycles. The predicted octanol–water partition coefficient (Wildman–Crippen LogP) is 4.14. The van der Waals surface area contributed by atoms with Crippen molar-refractivity contribution in [1.29, 1.82) is 0 Å². The van der Waals surface area contributed by atoms with Crippen LogP contribution in [0.25, 0.3) is 0 Å². The van der Waals surface area contributed by atoms with Crippen molar-refractivity contribution in [3.63, 3.8) is 0 Å². The van der Waals surface area contributed by atoms with Gasteiger partial charge in [-0.1, -0.05) is 26.0 Å². The first kappa shape index (κ1) is 15.4. The maximum atomic E-state index is 5.75. The highest BCUT2D eigenvalue weighted by molar-refractivity contribution is 5.36. The second-order valence-electron chi connectivity index (χ2n) is 7.61. The first-order chi connectivity index (χ1) is 9.31. The summed E-state index contributed by atoms with van der Waals surface area (Å²) in [5.41, 5.74) is 2.01. The molecule has 1 saturated carbocycles. The normalized spacial score (nSPS) is 17.3. The lowest BCUT2D eigenvalue weighted by Crippen LogP contribution is -2.40. The molecule has 2 heteroatoms. The van der Waals surface area contributed by atoms with E-state index in [0.29, 0.717) is 11.3 Å². The maximum Gasteiger partial charge on any atom is 0.119 e. The van der Waals surface area contributed by atoms with Crippen LogP contribution in [0.4, 0.5) is 0 Å². The summed E-state index contributed by atoms with van der Waals surface area (Å²) in [5.74, 6) is 1.56. The van der Waals surface area contributed by atoms with Crippen molar-refractivity contribution in [1.82, 2.24) is 5.32 Å². The Hall–Kier alpha value is -1.02. The van der Waals surface area contributed by atoms with Crippen LogP contribution < -0.4 is 10.1 Å². The zero-order valence-corrected chi connectivity index (χ0v) is 13.6. The summed E-state index contributed by atoms with van der Waals surface area (Å²) in [7, 11) is 0. The fourth-order valence-corrected chi connectivity index (χ4v) is 2.32. The Balaban J connectivity index is 1.95. The van der Waals surface area contributed by atoms with E-state index in [0.717, 1.165) is 18.9 Å². The topological polar surface area (TPSA) is 21.3 Å². The van der Waals surface area contributed by atoms with Crippen molar-refractivity contribution >= 4 is 0 Å². The van der Waals surface area contributed by atoms with Crippen molar-refractivity contribution < 1.29 is 4.74 Å². The fourth-order valence-electron chi connectivity index (χ4n) is 2.32. The first-order valence-corrected chi connectivity index (χ1v) is 7.79. The van der Waals surface area contributed by atoms with Crippen LogP contribution in [0.2, 0.25) is 0 Å². The molecule has 2 nitrogen and oxygen atoms in total. The SMILES string of the molecule is CC(C)COc1ccc(C2(CNC(C)(C)C)CC2)cc1. The van der Waals surface area contributed by atoms with Crippen LogP contribution in [0.1, 0.15) is 53.0 Å². The zero-order valence-electron chi connectivity index (χ0n) is 13.6. The summed E-state index contributed by atoms with van der Waals surface area (Å²) in [5, 5.41) is 3.65. The molecule has 0 unspecified atom stereocenters. The number of nitrogens with one attached hydrogen (secondary N) is 1. The van der Waals surface area contributed by atoms with E-state index in [1.54, 1.807) is 0 Å². The molecule has 0 atom stereocenters. The second-order valence-corrected chi connectivity index (χ2v) is 7.61. The van der Waals surface area contributed by atoms with Crippen LogP contribution in [0.5, 0.6) is 5.75 Å². The highest BCUT2D eigenvalue weighted by atomic mass is 16.5. The molecule has 1 aliphatic rings. The largest absolute Gasteiger partial charge is 0.493 e. The van der Waals surface area contributed by atoms with Gasteiger partial charge in [0.15, 0.2) is 0 Å². The molecule has 1 aromatic rings. The molecule has 0 bridgehead atoms. The van der Waals surface area contributed by atoms with Crippen LogP contribution in [0.3, 0.4) is 0 Å². The van der Waals surface area contributed by atoms with Gasteiger partial charge in [0.2, 0.25) is 0 Å². The molecule has 112 valence electrons. The lowest BCUT2D eigenvalue weighted by atomic mass is 9.94. The Labute approximate surface area is 123 Å². The summed E-state index contributed by atoms with van der Waals surface area (Å²) in [4.78, 5) is 0. The quantitative estimate of drug-likeness (QED) is 0.842. The van der Waals surface area contributed by atoms with Gasteiger partial charge in [-0.15, -0.1) is 0 Å². The minimum absolute atomic E-state index is 0.190. The molecule has 0 aliphatic heterocycles. The number of hydrogen-bond acceptors (Lipinski definition) is 2. The van der Waals surface area contributed by atoms with Gasteiger partial charge in [-0.25, -0.2) is 0 Å². The summed E-state index contributed by atoms with van der Waals surface area (Å²) in [6, 6.07) is 8.73. The number of benzene rings is 1. The van der Waals surface area contributed by atoms with E-state index >= 15 is 0 Å². The van der Waals surface area contributed by atoms with E-state index in [1.807, 2.05) is 0 Å². The second kappa shape index (κ2) is 5.77. The minimum atomic E-state index is 0.190. The number of rotatable bonds is 6. The third-order valence-corrected chi connectivity index (χ3v) is 3.86. The third kappa shape index (κ3) is 4.24. The molecule has 0 aromatic heterocycles. The van der Waals surface area contributed by atoms with Gasteiger partial charge < -0.3 is 10.1 Å². The van der Waals surface area contributed by atoms with E-state index in [1.165, 1.54) is 18.4 Å². The average molecular weight is 275 g/mol. The zero-order chi connectivity index (χ0) is 14.8. The summed E-state index contributed by atoms with van der Waals surface area (Å²) >= 11 is 0. The van der Waals surface area contributed by atoms with E-state index in [-0.39, 0.29) is 5.54 Å². The highest BCUT2D eigenvalue weighted by Crippen LogP contribution is 2.48. The maximum absolute atomic E-state index is 5.75. The summed E-state index contributed by atoms with van der Waals surface area (Å²) < 4.78 is 5.75. The number of ether oxygens (including phenoxy) is 1. The standard InChI is InChI=1S/C18H29NO/c1-14(2)12-20-16-8-6-15(7-9-16)18(10-11-18)13-19-17(3,4)5/h6-9,14,19H,10-13H2,1-5H3. The van der Waals surface area contributed by atoms with Gasteiger partial charge in [0.25, 0.3) is 0 Å². The van der Waals surface area contributed by atoms with E-state index < -0.39 is 0 Å². The molecule has 0 spiro atoms. The molecular weight excluding hydrogens is 246 g/mol. The number of hydrogen-bond donors (Lipinski definition) is 1. The van der Waals surface area contributed by atoms with Crippen molar-refractivity contribution in [2.24, 2.45) is 5.92 Å². The van der Waals surface area contributed by atoms with Crippen LogP contribution in [0.15, 0.2) is 24.3 Å². The minimum Gasteiger partial charge on any atom is -0.493 e. The van der Waals surface area contributed by atoms with E-state index in [9.17, 15) is 0 Å². The van der Waals surface area contributed by atoms with E-state index in [2.05, 4.69) is 64.2 Å². The average Bonchev–Trinajstić information content (AvgIpc) is 3.15. The van der Waals surface area contributed by atoms with Crippen molar-refractivity contribution in [3.8, 4) is 5.75 Å². The Morgan fingerprint density at radius 1 is 1.15 bits per heavy atom. The smallest absolute Gasteiger partial charge is 0.119 e. The molecule has 0 saturated heterocycles. The lowest BCUT2D eigenvalue weighted by molar-refractivity contribution is 0.271. The molecule has 0 radical (unpaired) electrons. The van der Waals surface area contributed by atoms with Gasteiger partial charge in [0, 0.05) is 17.5 Å². The molecule has 1 fully saturated rings. The summed E-state index contributed by atoms with van der Waals surface area (Å²) in [6.07, 6.45) is 2.59. The van der Waals surface area contributed by atoms with Crippen molar-refractivity contribution in [2.45, 2.75) is 58.4 Å². The predicted molar refractivity (Wildman–Crippen MR) is 85.4 cm³/mol. The molecular formula is C18H29NO. The molecule has 1 aliphatic carbocycles. The molecule has 20 heavy (non-hydrogen) atoms. The van der Waals surface area contributed by atoms with Gasteiger partial charge in [0.1, 0.15) is 5.75 Å². The van der Waals surface area contributed by atoms with Crippen LogP contribution >= 0.6 is 0 Å². The highest BCUT2D eigenvalue weighted by Gasteiger charge is 2.44. The van der Waals surface area contributed by atoms with Crippen molar-refractivity contribution in [3.05, 3.63) is 29.8 Å². The molecule has 0 heterocycles. The molecule has 2 rings (SSSR count). The third-order valence-electron chi connectivity index (χ3n) is 3.86. The van der Waals surface area contributed by atoms with E-state index in [4.69, 9.17) is 4.74 Å². The fraction of sp³-hybridized carbons (Fsp3) is 0.667. The van der Waals surface area contributed by atoms with Crippen molar-refractivity contribution in [2.75, 3.05) is 13.2 Å².